The normalized spacial score (nSPS) is 19.2. The molecule has 2 rings (SSSR count). The van der Waals surface area contributed by atoms with E-state index in [1.807, 2.05) is 6.07 Å². The van der Waals surface area contributed by atoms with Crippen LogP contribution < -0.4 is 4.74 Å². The van der Waals surface area contributed by atoms with Gasteiger partial charge in [0.15, 0.2) is 0 Å². The molecular formula is C15H19ClO2. The highest BCUT2D eigenvalue weighted by atomic mass is 35.5. The van der Waals surface area contributed by atoms with E-state index in [9.17, 15) is 4.79 Å². The minimum Gasteiger partial charge on any atom is -0.490 e. The summed E-state index contributed by atoms with van der Waals surface area (Å²) in [5.41, 5.74) is 2.51. The zero-order valence-corrected chi connectivity index (χ0v) is 11.7. The van der Waals surface area contributed by atoms with E-state index in [0.29, 0.717) is 5.88 Å². The van der Waals surface area contributed by atoms with Gasteiger partial charge in [-0.15, -0.1) is 11.6 Å². The SMILES string of the molecule is CC(=O)C(CCCl)CC1Cc2cc(C)ccc2O1. The minimum atomic E-state index is 0.0305. The molecule has 98 valence electrons. The van der Waals surface area contributed by atoms with Crippen molar-refractivity contribution in [3.05, 3.63) is 29.3 Å². The molecule has 1 aromatic rings. The van der Waals surface area contributed by atoms with Crippen LogP contribution in [0.15, 0.2) is 18.2 Å². The van der Waals surface area contributed by atoms with Crippen LogP contribution in [-0.2, 0) is 11.2 Å². The Morgan fingerprint density at radius 3 is 3.00 bits per heavy atom. The number of fused-ring (bicyclic) bond motifs is 1. The number of hydrogen-bond acceptors (Lipinski definition) is 2. The van der Waals surface area contributed by atoms with Gasteiger partial charge in [-0.2, -0.15) is 0 Å². The van der Waals surface area contributed by atoms with Crippen molar-refractivity contribution in [1.29, 1.82) is 0 Å². The molecule has 0 bridgehead atoms. The van der Waals surface area contributed by atoms with Crippen LogP contribution in [-0.4, -0.2) is 17.8 Å². The summed E-state index contributed by atoms with van der Waals surface area (Å²) in [6.45, 7) is 3.73. The molecular weight excluding hydrogens is 248 g/mol. The van der Waals surface area contributed by atoms with E-state index in [2.05, 4.69) is 19.1 Å². The fourth-order valence-corrected chi connectivity index (χ4v) is 2.78. The highest BCUT2D eigenvalue weighted by Gasteiger charge is 2.27. The lowest BCUT2D eigenvalue weighted by Gasteiger charge is -2.17. The van der Waals surface area contributed by atoms with Crippen LogP contribution in [0.25, 0.3) is 0 Å². The van der Waals surface area contributed by atoms with Crippen LogP contribution in [0.1, 0.15) is 30.9 Å². The Morgan fingerprint density at radius 2 is 2.33 bits per heavy atom. The number of alkyl halides is 1. The smallest absolute Gasteiger partial charge is 0.133 e. The van der Waals surface area contributed by atoms with Crippen molar-refractivity contribution in [2.45, 2.75) is 39.2 Å². The van der Waals surface area contributed by atoms with Gasteiger partial charge in [0.2, 0.25) is 0 Å². The van der Waals surface area contributed by atoms with Crippen molar-refractivity contribution in [1.82, 2.24) is 0 Å². The summed E-state index contributed by atoms with van der Waals surface area (Å²) in [5, 5.41) is 0. The maximum atomic E-state index is 11.5. The summed E-state index contributed by atoms with van der Waals surface area (Å²) in [4.78, 5) is 11.5. The van der Waals surface area contributed by atoms with Crippen molar-refractivity contribution in [2.24, 2.45) is 5.92 Å². The molecule has 0 amide bonds. The second-order valence-corrected chi connectivity index (χ2v) is 5.45. The second-order valence-electron chi connectivity index (χ2n) is 5.08. The van der Waals surface area contributed by atoms with E-state index in [1.165, 1.54) is 11.1 Å². The van der Waals surface area contributed by atoms with Gasteiger partial charge in [0.25, 0.3) is 0 Å². The fraction of sp³-hybridized carbons (Fsp3) is 0.533. The Bertz CT molecular complexity index is 442. The molecule has 1 heterocycles. The molecule has 0 saturated carbocycles. The molecule has 18 heavy (non-hydrogen) atoms. The van der Waals surface area contributed by atoms with E-state index < -0.39 is 0 Å². The van der Waals surface area contributed by atoms with Crippen LogP contribution >= 0.6 is 11.6 Å². The van der Waals surface area contributed by atoms with Gasteiger partial charge < -0.3 is 4.74 Å². The standard InChI is InChI=1S/C15H19ClO2/c1-10-3-4-15-13(7-10)9-14(18-15)8-12(5-6-16)11(2)17/h3-4,7,12,14H,5-6,8-9H2,1-2H3. The van der Waals surface area contributed by atoms with E-state index in [-0.39, 0.29) is 17.8 Å². The van der Waals surface area contributed by atoms with Gasteiger partial charge in [0.05, 0.1) is 0 Å². The Balaban J connectivity index is 2.00. The fourth-order valence-electron chi connectivity index (χ4n) is 2.52. The Labute approximate surface area is 113 Å². The summed E-state index contributed by atoms with van der Waals surface area (Å²) in [6.07, 6.45) is 2.55. The van der Waals surface area contributed by atoms with Gasteiger partial charge in [0, 0.05) is 18.2 Å². The number of ketones is 1. The molecule has 0 spiro atoms. The van der Waals surface area contributed by atoms with Gasteiger partial charge in [-0.3, -0.25) is 4.79 Å². The van der Waals surface area contributed by atoms with Crippen molar-refractivity contribution >= 4 is 17.4 Å². The zero-order chi connectivity index (χ0) is 13.1. The predicted molar refractivity (Wildman–Crippen MR) is 73.4 cm³/mol. The average molecular weight is 267 g/mol. The molecule has 3 heteroatoms. The maximum absolute atomic E-state index is 11.5. The van der Waals surface area contributed by atoms with Gasteiger partial charge in [0.1, 0.15) is 17.6 Å². The highest BCUT2D eigenvalue weighted by molar-refractivity contribution is 6.18. The summed E-state index contributed by atoms with van der Waals surface area (Å²) >= 11 is 5.74. The third-order valence-electron chi connectivity index (χ3n) is 3.54. The van der Waals surface area contributed by atoms with Crippen LogP contribution in [0.5, 0.6) is 5.75 Å². The van der Waals surface area contributed by atoms with E-state index >= 15 is 0 Å². The Kier molecular flexibility index (Phi) is 4.28. The quantitative estimate of drug-likeness (QED) is 0.762. The van der Waals surface area contributed by atoms with Gasteiger partial charge in [-0.05, 0) is 38.3 Å². The Morgan fingerprint density at radius 1 is 1.56 bits per heavy atom. The number of halogens is 1. The molecule has 2 unspecified atom stereocenters. The van der Waals surface area contributed by atoms with Crippen LogP contribution in [0.3, 0.4) is 0 Å². The van der Waals surface area contributed by atoms with E-state index in [0.717, 1.165) is 25.0 Å². The number of benzene rings is 1. The monoisotopic (exact) mass is 266 g/mol. The molecule has 0 radical (unpaired) electrons. The number of ether oxygens (including phenoxy) is 1. The molecule has 0 aliphatic carbocycles. The predicted octanol–water partition coefficient (Wildman–Crippen LogP) is 3.52. The lowest BCUT2D eigenvalue weighted by atomic mass is 9.93. The van der Waals surface area contributed by atoms with E-state index in [1.54, 1.807) is 6.92 Å². The third-order valence-corrected chi connectivity index (χ3v) is 3.76. The molecule has 1 aliphatic rings. The molecule has 0 saturated heterocycles. The number of Topliss-reactive ketones (excluding diaryl/α,β-unsaturated/α-hetero) is 1. The topological polar surface area (TPSA) is 26.3 Å². The Hall–Kier alpha value is -1.02. The summed E-state index contributed by atoms with van der Waals surface area (Å²) in [7, 11) is 0. The third kappa shape index (κ3) is 3.05. The number of carbonyl (C=O) groups excluding carboxylic acids is 1. The maximum Gasteiger partial charge on any atom is 0.133 e. The first-order chi connectivity index (χ1) is 8.60. The first-order valence-electron chi connectivity index (χ1n) is 6.42. The summed E-state index contributed by atoms with van der Waals surface area (Å²) in [6, 6.07) is 6.25. The molecule has 1 aliphatic heterocycles. The molecule has 2 atom stereocenters. The van der Waals surface area contributed by atoms with Crippen molar-refractivity contribution in [3.63, 3.8) is 0 Å². The summed E-state index contributed by atoms with van der Waals surface area (Å²) in [5.74, 6) is 1.75. The molecule has 0 aromatic heterocycles. The van der Waals surface area contributed by atoms with Gasteiger partial charge in [-0.1, -0.05) is 17.7 Å². The zero-order valence-electron chi connectivity index (χ0n) is 10.9. The first kappa shape index (κ1) is 13.4. The second kappa shape index (κ2) is 5.75. The van der Waals surface area contributed by atoms with Gasteiger partial charge in [-0.25, -0.2) is 0 Å². The van der Waals surface area contributed by atoms with Gasteiger partial charge >= 0.3 is 0 Å². The number of hydrogen-bond donors (Lipinski definition) is 0. The minimum absolute atomic E-state index is 0.0305. The molecule has 0 N–H and O–H groups in total. The van der Waals surface area contributed by atoms with Crippen LogP contribution in [0.2, 0.25) is 0 Å². The van der Waals surface area contributed by atoms with Crippen molar-refractivity contribution in [3.8, 4) is 5.75 Å². The molecule has 1 aromatic carbocycles. The van der Waals surface area contributed by atoms with Crippen LogP contribution in [0, 0.1) is 12.8 Å². The highest BCUT2D eigenvalue weighted by Crippen LogP contribution is 2.32. The number of aryl methyl sites for hydroxylation is 1. The lowest BCUT2D eigenvalue weighted by molar-refractivity contribution is -0.121. The van der Waals surface area contributed by atoms with Crippen molar-refractivity contribution < 1.29 is 9.53 Å². The molecule has 2 nitrogen and oxygen atoms in total. The number of rotatable bonds is 5. The van der Waals surface area contributed by atoms with Crippen LogP contribution in [0.4, 0.5) is 0 Å². The lowest BCUT2D eigenvalue weighted by Crippen LogP contribution is -2.22. The molecule has 0 fully saturated rings. The summed E-state index contributed by atoms with van der Waals surface area (Å²) < 4.78 is 5.89. The largest absolute Gasteiger partial charge is 0.490 e. The van der Waals surface area contributed by atoms with E-state index in [4.69, 9.17) is 16.3 Å². The first-order valence-corrected chi connectivity index (χ1v) is 6.96. The average Bonchev–Trinajstić information content (AvgIpc) is 2.69. The van der Waals surface area contributed by atoms with Crippen molar-refractivity contribution in [2.75, 3.05) is 5.88 Å². The number of carbonyl (C=O) groups is 1.